The summed E-state index contributed by atoms with van der Waals surface area (Å²) >= 11 is 0. The number of allylic oxidation sites excluding steroid dienone is 4. The number of carbonyl (C=O) groups excluding carboxylic acids is 3. The lowest BCUT2D eigenvalue weighted by molar-refractivity contribution is -0.763. The molecule has 6 rings (SSSR count). The van der Waals surface area contributed by atoms with Crippen molar-refractivity contribution in [2.75, 3.05) is 6.61 Å². The minimum absolute atomic E-state index is 0.00697. The minimum Gasteiger partial charge on any atom is -0.453 e. The van der Waals surface area contributed by atoms with Crippen molar-refractivity contribution in [2.45, 2.75) is 90.0 Å². The number of esters is 1. The van der Waals surface area contributed by atoms with Crippen LogP contribution in [0.5, 0.6) is 0 Å². The maximum Gasteiger partial charge on any atom is 0.357 e. The lowest BCUT2D eigenvalue weighted by Gasteiger charge is -2.59. The van der Waals surface area contributed by atoms with Gasteiger partial charge >= 0.3 is 5.97 Å². The maximum atomic E-state index is 14.3. The number of rotatable bonds is 9. The van der Waals surface area contributed by atoms with Crippen molar-refractivity contribution in [1.82, 2.24) is 4.98 Å². The summed E-state index contributed by atoms with van der Waals surface area (Å²) in [5, 5.41) is 21.4. The molecule has 0 amide bonds. The molecule has 1 aromatic rings. The van der Waals surface area contributed by atoms with E-state index in [1.54, 1.807) is 12.2 Å². The first kappa shape index (κ1) is 30.5. The third-order valence-electron chi connectivity index (χ3n) is 10.9. The lowest BCUT2D eigenvalue weighted by atomic mass is 9.46. The molecule has 12 nitrogen and oxygen atoms in total. The number of Topliss-reactive ketones (excluding diaryl/α,β-unsaturated/α-hetero) is 1. The Bertz CT molecular complexity index is 1440. The van der Waals surface area contributed by atoms with E-state index in [9.17, 15) is 29.6 Å². The molecule has 1 saturated heterocycles. The molecule has 5 aliphatic rings. The molecule has 0 spiro atoms. The second-order valence-electron chi connectivity index (χ2n) is 13.2. The Kier molecular flexibility index (Phi) is 7.74. The van der Waals surface area contributed by atoms with Crippen LogP contribution in [-0.2, 0) is 35.2 Å². The summed E-state index contributed by atoms with van der Waals surface area (Å²) in [7, 11) is 0. The highest BCUT2D eigenvalue weighted by molar-refractivity contribution is 6.01. The van der Waals surface area contributed by atoms with Crippen LogP contribution in [0.1, 0.15) is 75.5 Å². The molecule has 236 valence electrons. The standard InChI is InChI=1S/C32H38N2O10/c1-4-6-27-43-26-14-22-21-10-9-18-13-20(35)11-12-30(18,2)28(21)24(36)15-31(22,3)32(26,44-27)25(37)17-41-29(38)23-8-5-7-19(33-23)16-42-34(39)40/h5,7-8,11-13,21-22,24,26-28,36H,4,6,9-10,14-17H2,1-3H3/t21?,22?,24?,26-,27?,28?,30+,31+,32-/m1/s1. The summed E-state index contributed by atoms with van der Waals surface area (Å²) in [6.45, 7) is 5.08. The SMILES string of the molecule is CCCC1O[C@@H]2CC3C4CCC5=CC(=O)C=C[C@]5(C)C4C(O)C[C@]3(C)[C@]2(C(=O)COC(=O)c2cccc(CO[N+](=O)[O-])n2)O1. The number of aliphatic hydroxyl groups excluding tert-OH is 1. The molecular formula is C32H38N2O10. The van der Waals surface area contributed by atoms with E-state index in [-0.39, 0.29) is 34.9 Å². The zero-order valence-electron chi connectivity index (χ0n) is 25.1. The van der Waals surface area contributed by atoms with Crippen LogP contribution in [0, 0.1) is 38.7 Å². The number of ketones is 2. The van der Waals surface area contributed by atoms with Gasteiger partial charge in [0, 0.05) is 16.7 Å². The summed E-state index contributed by atoms with van der Waals surface area (Å²) in [6.07, 6.45) is 7.07. The fourth-order valence-corrected chi connectivity index (χ4v) is 9.11. The van der Waals surface area contributed by atoms with E-state index >= 15 is 0 Å². The molecule has 0 bridgehead atoms. The summed E-state index contributed by atoms with van der Waals surface area (Å²) in [5.74, 6) is -1.39. The van der Waals surface area contributed by atoms with Gasteiger partial charge in [-0.15, -0.1) is 10.1 Å². The number of pyridine rings is 1. The Balaban J connectivity index is 1.26. The van der Waals surface area contributed by atoms with Crippen molar-refractivity contribution in [2.24, 2.45) is 28.6 Å². The second-order valence-corrected chi connectivity index (χ2v) is 13.2. The predicted molar refractivity (Wildman–Crippen MR) is 152 cm³/mol. The molecule has 2 heterocycles. The Morgan fingerprint density at radius 2 is 2.07 bits per heavy atom. The maximum absolute atomic E-state index is 14.3. The molecule has 44 heavy (non-hydrogen) atoms. The van der Waals surface area contributed by atoms with Gasteiger partial charge < -0.3 is 24.2 Å². The van der Waals surface area contributed by atoms with Gasteiger partial charge in [0.15, 0.2) is 24.3 Å². The lowest BCUT2D eigenvalue weighted by Crippen LogP contribution is -2.63. The molecular weight excluding hydrogens is 572 g/mol. The molecule has 1 aliphatic heterocycles. The topological polar surface area (TPSA) is 164 Å². The van der Waals surface area contributed by atoms with E-state index in [1.807, 2.05) is 19.9 Å². The summed E-state index contributed by atoms with van der Waals surface area (Å²) in [4.78, 5) is 58.3. The minimum atomic E-state index is -1.42. The number of aliphatic hydroxyl groups is 1. The van der Waals surface area contributed by atoms with E-state index in [1.165, 1.54) is 18.2 Å². The number of fused-ring (bicyclic) bond motifs is 7. The summed E-state index contributed by atoms with van der Waals surface area (Å²) < 4.78 is 18.5. The molecule has 4 fully saturated rings. The van der Waals surface area contributed by atoms with Gasteiger partial charge in [-0.25, -0.2) is 9.78 Å². The molecule has 9 atom stereocenters. The zero-order valence-corrected chi connectivity index (χ0v) is 25.1. The van der Waals surface area contributed by atoms with Gasteiger partial charge in [-0.2, -0.15) is 0 Å². The summed E-state index contributed by atoms with van der Waals surface area (Å²) in [5.41, 5.74) is -1.59. The highest BCUT2D eigenvalue weighted by Gasteiger charge is 2.75. The molecule has 12 heteroatoms. The van der Waals surface area contributed by atoms with Crippen LogP contribution in [0.3, 0.4) is 0 Å². The number of ether oxygens (including phenoxy) is 3. The second kappa shape index (κ2) is 11.1. The molecule has 4 aliphatic carbocycles. The molecule has 0 radical (unpaired) electrons. The number of nitrogens with zero attached hydrogens (tertiary/aromatic N) is 2. The fourth-order valence-electron chi connectivity index (χ4n) is 9.11. The van der Waals surface area contributed by atoms with Crippen LogP contribution in [0.2, 0.25) is 0 Å². The average Bonchev–Trinajstić information content (AvgIpc) is 3.47. The van der Waals surface area contributed by atoms with Crippen molar-refractivity contribution in [3.05, 3.63) is 63.5 Å². The average molecular weight is 611 g/mol. The normalized spacial score (nSPS) is 38.5. The molecule has 1 aromatic heterocycles. The van der Waals surface area contributed by atoms with Crippen molar-refractivity contribution in [1.29, 1.82) is 0 Å². The van der Waals surface area contributed by atoms with Crippen molar-refractivity contribution < 1.29 is 43.6 Å². The Morgan fingerprint density at radius 3 is 2.82 bits per heavy atom. The zero-order chi connectivity index (χ0) is 31.4. The van der Waals surface area contributed by atoms with Crippen molar-refractivity contribution in [3.8, 4) is 0 Å². The summed E-state index contributed by atoms with van der Waals surface area (Å²) in [6, 6.07) is 4.35. The van der Waals surface area contributed by atoms with Gasteiger partial charge in [-0.1, -0.05) is 44.9 Å². The van der Waals surface area contributed by atoms with E-state index < -0.39 is 65.0 Å². The number of carbonyl (C=O) groups is 3. The van der Waals surface area contributed by atoms with Crippen molar-refractivity contribution >= 4 is 17.5 Å². The van der Waals surface area contributed by atoms with E-state index in [0.717, 1.165) is 24.8 Å². The highest BCUT2D eigenvalue weighted by Crippen LogP contribution is 2.69. The van der Waals surface area contributed by atoms with E-state index in [2.05, 4.69) is 16.7 Å². The van der Waals surface area contributed by atoms with E-state index in [0.29, 0.717) is 19.3 Å². The largest absolute Gasteiger partial charge is 0.453 e. The Morgan fingerprint density at radius 1 is 1.27 bits per heavy atom. The Labute approximate surface area is 254 Å². The van der Waals surface area contributed by atoms with Crippen LogP contribution >= 0.6 is 0 Å². The molecule has 1 N–H and O–H groups in total. The van der Waals surface area contributed by atoms with Crippen molar-refractivity contribution in [3.63, 3.8) is 0 Å². The monoisotopic (exact) mass is 610 g/mol. The molecule has 3 saturated carbocycles. The third kappa shape index (κ3) is 4.69. The van der Waals surface area contributed by atoms with Gasteiger partial charge in [0.05, 0.1) is 17.9 Å². The van der Waals surface area contributed by atoms with Crippen LogP contribution in [-0.4, -0.2) is 63.4 Å². The van der Waals surface area contributed by atoms with Gasteiger partial charge in [-0.3, -0.25) is 9.59 Å². The van der Waals surface area contributed by atoms with Gasteiger partial charge in [0.2, 0.25) is 5.78 Å². The van der Waals surface area contributed by atoms with E-state index in [4.69, 9.17) is 14.2 Å². The molecule has 5 unspecified atom stereocenters. The number of hydrogen-bond donors (Lipinski definition) is 1. The first-order valence-electron chi connectivity index (χ1n) is 15.3. The highest BCUT2D eigenvalue weighted by atomic mass is 16.9. The fraction of sp³-hybridized carbons (Fsp3) is 0.625. The van der Waals surface area contributed by atoms with Gasteiger partial charge in [0.25, 0.3) is 5.09 Å². The van der Waals surface area contributed by atoms with Crippen LogP contribution < -0.4 is 0 Å². The first-order valence-corrected chi connectivity index (χ1v) is 15.3. The van der Waals surface area contributed by atoms with Crippen LogP contribution in [0.25, 0.3) is 0 Å². The number of hydrogen-bond acceptors (Lipinski definition) is 11. The van der Waals surface area contributed by atoms with Crippen LogP contribution in [0.15, 0.2) is 42.0 Å². The number of aromatic nitrogens is 1. The van der Waals surface area contributed by atoms with Crippen LogP contribution in [0.4, 0.5) is 0 Å². The van der Waals surface area contributed by atoms with Gasteiger partial charge in [-0.05, 0) is 68.2 Å². The Hall–Kier alpha value is -3.48. The van der Waals surface area contributed by atoms with Gasteiger partial charge in [0.1, 0.15) is 12.3 Å². The third-order valence-corrected chi connectivity index (χ3v) is 10.9. The first-order chi connectivity index (χ1) is 20.9. The predicted octanol–water partition coefficient (Wildman–Crippen LogP) is 3.68. The molecule has 0 aromatic carbocycles. The quantitative estimate of drug-likeness (QED) is 0.246. The smallest absolute Gasteiger partial charge is 0.357 e.